The molecule has 0 atom stereocenters. The van der Waals surface area contributed by atoms with Crippen LogP contribution in [0.2, 0.25) is 0 Å². The van der Waals surface area contributed by atoms with Crippen LogP contribution in [0.15, 0.2) is 65.1 Å². The second kappa shape index (κ2) is 14.0. The minimum absolute atomic E-state index is 0.944. The first-order valence-electron chi connectivity index (χ1n) is 13.3. The number of unbranched alkanes of at least 4 members (excludes halogenated alkanes) is 8. The van der Waals surface area contributed by atoms with Crippen molar-refractivity contribution < 1.29 is 4.42 Å². The van der Waals surface area contributed by atoms with Gasteiger partial charge in [-0.2, -0.15) is 0 Å². The minimum Gasteiger partial charge on any atom is -0.213 e. The van der Waals surface area contributed by atoms with E-state index >= 15 is 0 Å². The fraction of sp³-hybridized carbons (Fsp3) is 0.469. The molecule has 1 aromatic heterocycles. The van der Waals surface area contributed by atoms with Gasteiger partial charge in [-0.1, -0.05) is 102 Å². The summed E-state index contributed by atoms with van der Waals surface area (Å²) in [4.78, 5) is 0. The van der Waals surface area contributed by atoms with Gasteiger partial charge in [-0.25, -0.2) is 4.42 Å². The largest absolute Gasteiger partial charge is 0.360 e. The molecule has 3 rings (SSSR count). The van der Waals surface area contributed by atoms with Crippen LogP contribution in [-0.2, 0) is 12.8 Å². The van der Waals surface area contributed by atoms with Crippen molar-refractivity contribution in [3.05, 3.63) is 77.6 Å². The van der Waals surface area contributed by atoms with Gasteiger partial charge < -0.3 is 0 Å². The van der Waals surface area contributed by atoms with E-state index in [-0.39, 0.29) is 0 Å². The Morgan fingerprint density at radius 1 is 0.515 bits per heavy atom. The molecule has 0 N–H and O–H groups in total. The monoisotopic (exact) mass is 443 g/mol. The van der Waals surface area contributed by atoms with E-state index in [0.29, 0.717) is 0 Å². The van der Waals surface area contributed by atoms with Gasteiger partial charge in [0.2, 0.25) is 0 Å². The van der Waals surface area contributed by atoms with Crippen LogP contribution in [0.25, 0.3) is 22.5 Å². The summed E-state index contributed by atoms with van der Waals surface area (Å²) in [5, 5.41) is 0. The molecule has 0 aliphatic carbocycles. The predicted octanol–water partition coefficient (Wildman–Crippen LogP) is 10.2. The Bertz CT molecular complexity index is 861. The van der Waals surface area contributed by atoms with Gasteiger partial charge in [0.1, 0.15) is 0 Å². The molecular weight excluding hydrogens is 400 g/mol. The Kier molecular flexibility index (Phi) is 10.7. The molecule has 176 valence electrons. The second-order valence-corrected chi connectivity index (χ2v) is 9.54. The Balaban J connectivity index is 1.62. The Morgan fingerprint density at radius 2 is 1.00 bits per heavy atom. The van der Waals surface area contributed by atoms with Crippen LogP contribution < -0.4 is 0 Å². The molecular formula is C32H43O+. The van der Waals surface area contributed by atoms with E-state index in [1.807, 2.05) is 6.92 Å². The molecule has 1 nitrogen and oxygen atoms in total. The third kappa shape index (κ3) is 8.46. The lowest BCUT2D eigenvalue weighted by Crippen LogP contribution is -1.89. The topological polar surface area (TPSA) is 11.3 Å². The highest BCUT2D eigenvalue weighted by Crippen LogP contribution is 2.29. The summed E-state index contributed by atoms with van der Waals surface area (Å²) in [7, 11) is 0. The Labute approximate surface area is 202 Å². The van der Waals surface area contributed by atoms with E-state index in [2.05, 4.69) is 74.5 Å². The average Bonchev–Trinajstić information content (AvgIpc) is 2.84. The molecule has 2 aromatic carbocycles. The number of aryl methyl sites for hydroxylation is 3. The average molecular weight is 444 g/mol. The third-order valence-corrected chi connectivity index (χ3v) is 6.58. The molecule has 0 fully saturated rings. The molecule has 1 heteroatoms. The van der Waals surface area contributed by atoms with Crippen molar-refractivity contribution in [1.29, 1.82) is 0 Å². The lowest BCUT2D eigenvalue weighted by molar-refractivity contribution is 0.532. The van der Waals surface area contributed by atoms with Gasteiger partial charge in [0.15, 0.2) is 0 Å². The summed E-state index contributed by atoms with van der Waals surface area (Å²) >= 11 is 0. The zero-order valence-electron chi connectivity index (χ0n) is 21.2. The number of hydrogen-bond acceptors (Lipinski definition) is 0. The molecule has 1 heterocycles. The van der Waals surface area contributed by atoms with Gasteiger partial charge in [0.05, 0.1) is 18.6 Å². The molecule has 0 unspecified atom stereocenters. The SMILES string of the molecule is CCCCCCCc1ccc(-c2cc(C)[o+]c(-c3ccc(CCCCCCC)cc3)c2)cc1. The lowest BCUT2D eigenvalue weighted by Gasteiger charge is -2.05. The highest BCUT2D eigenvalue weighted by Gasteiger charge is 2.16. The molecule has 0 saturated carbocycles. The van der Waals surface area contributed by atoms with Gasteiger partial charge >= 0.3 is 11.5 Å². The number of benzene rings is 2. The van der Waals surface area contributed by atoms with E-state index in [9.17, 15) is 0 Å². The van der Waals surface area contributed by atoms with Crippen molar-refractivity contribution in [3.63, 3.8) is 0 Å². The second-order valence-electron chi connectivity index (χ2n) is 9.54. The maximum absolute atomic E-state index is 6.10. The van der Waals surface area contributed by atoms with Gasteiger partial charge in [0, 0.05) is 11.6 Å². The highest BCUT2D eigenvalue weighted by atomic mass is 16.3. The fourth-order valence-corrected chi connectivity index (χ4v) is 4.51. The molecule has 0 aliphatic rings. The van der Waals surface area contributed by atoms with Gasteiger partial charge in [0.25, 0.3) is 0 Å². The van der Waals surface area contributed by atoms with Crippen LogP contribution in [-0.4, -0.2) is 0 Å². The summed E-state index contributed by atoms with van der Waals surface area (Å²) in [6, 6.07) is 22.4. The normalized spacial score (nSPS) is 11.1. The summed E-state index contributed by atoms with van der Waals surface area (Å²) in [5.74, 6) is 1.89. The van der Waals surface area contributed by atoms with Crippen LogP contribution >= 0.6 is 0 Å². The highest BCUT2D eigenvalue weighted by molar-refractivity contribution is 5.70. The Morgan fingerprint density at radius 3 is 1.52 bits per heavy atom. The van der Waals surface area contributed by atoms with E-state index in [0.717, 1.165) is 17.1 Å². The molecule has 0 spiro atoms. The van der Waals surface area contributed by atoms with E-state index < -0.39 is 0 Å². The maximum atomic E-state index is 6.10. The van der Waals surface area contributed by atoms with Crippen LogP contribution in [0.5, 0.6) is 0 Å². The quantitative estimate of drug-likeness (QED) is 0.178. The zero-order valence-corrected chi connectivity index (χ0v) is 21.2. The molecule has 3 aromatic rings. The van der Waals surface area contributed by atoms with Crippen LogP contribution in [0.4, 0.5) is 0 Å². The van der Waals surface area contributed by atoms with Crippen molar-refractivity contribution in [1.82, 2.24) is 0 Å². The van der Waals surface area contributed by atoms with Crippen molar-refractivity contribution in [2.24, 2.45) is 0 Å². The predicted molar refractivity (Wildman–Crippen MR) is 144 cm³/mol. The lowest BCUT2D eigenvalue weighted by atomic mass is 9.99. The van der Waals surface area contributed by atoms with Crippen molar-refractivity contribution >= 4 is 0 Å². The van der Waals surface area contributed by atoms with Gasteiger partial charge in [-0.15, -0.1) is 0 Å². The first kappa shape index (κ1) is 25.2. The van der Waals surface area contributed by atoms with Crippen molar-refractivity contribution in [3.8, 4) is 22.5 Å². The third-order valence-electron chi connectivity index (χ3n) is 6.58. The first-order chi connectivity index (χ1) is 16.2. The van der Waals surface area contributed by atoms with Gasteiger partial charge in [-0.05, 0) is 54.5 Å². The number of hydrogen-bond donors (Lipinski definition) is 0. The summed E-state index contributed by atoms with van der Waals surface area (Å²) in [6.45, 7) is 6.59. The molecule has 33 heavy (non-hydrogen) atoms. The van der Waals surface area contributed by atoms with Crippen LogP contribution in [0.3, 0.4) is 0 Å². The molecule has 0 aliphatic heterocycles. The first-order valence-corrected chi connectivity index (χ1v) is 13.3. The summed E-state index contributed by atoms with van der Waals surface area (Å²) < 4.78 is 6.10. The molecule has 0 bridgehead atoms. The molecule has 0 saturated heterocycles. The van der Waals surface area contributed by atoms with Gasteiger partial charge in [-0.3, -0.25) is 0 Å². The van der Waals surface area contributed by atoms with Crippen LogP contribution in [0, 0.1) is 6.92 Å². The Hall–Kier alpha value is -2.41. The smallest absolute Gasteiger partial charge is 0.213 e. The number of rotatable bonds is 14. The standard InChI is InChI=1S/C32H43O/c1-4-6-8-10-12-14-27-16-20-29(21-17-27)31-24-26(3)33-32(25-31)30-22-18-28(19-23-30)15-13-11-9-7-5-2/h16-25H,4-15H2,1-3H3/q+1. The van der Waals surface area contributed by atoms with E-state index in [1.54, 1.807) is 0 Å². The summed E-state index contributed by atoms with van der Waals surface area (Å²) in [6.07, 6.45) is 15.7. The summed E-state index contributed by atoms with van der Waals surface area (Å²) in [5.41, 5.74) is 6.50. The fourth-order valence-electron chi connectivity index (χ4n) is 4.51. The van der Waals surface area contributed by atoms with Crippen molar-refractivity contribution in [2.45, 2.75) is 97.8 Å². The molecule has 0 amide bonds. The maximum Gasteiger partial charge on any atom is 0.360 e. The van der Waals surface area contributed by atoms with E-state index in [1.165, 1.54) is 99.3 Å². The zero-order chi connectivity index (χ0) is 23.3. The van der Waals surface area contributed by atoms with Crippen LogP contribution in [0.1, 0.15) is 94.9 Å². The van der Waals surface area contributed by atoms with E-state index in [4.69, 9.17) is 4.42 Å². The minimum atomic E-state index is 0.944. The molecule has 0 radical (unpaired) electrons. The van der Waals surface area contributed by atoms with Crippen molar-refractivity contribution in [2.75, 3.05) is 0 Å².